The highest BCUT2D eigenvalue weighted by Crippen LogP contribution is 2.22. The van der Waals surface area contributed by atoms with Gasteiger partial charge < -0.3 is 10.1 Å². The van der Waals surface area contributed by atoms with Crippen LogP contribution in [-0.4, -0.2) is 12.6 Å². The zero-order chi connectivity index (χ0) is 15.9. The first kappa shape index (κ1) is 16.4. The lowest BCUT2D eigenvalue weighted by Gasteiger charge is -2.21. The van der Waals surface area contributed by atoms with Gasteiger partial charge in [0, 0.05) is 5.69 Å². The monoisotopic (exact) mass is 297 g/mol. The molecule has 0 aromatic heterocycles. The van der Waals surface area contributed by atoms with Crippen molar-refractivity contribution in [3.63, 3.8) is 0 Å². The number of nitrogens with one attached hydrogen (secondary N) is 1. The van der Waals surface area contributed by atoms with Gasteiger partial charge in [0.25, 0.3) is 0 Å². The fraction of sp³-hybridized carbons (Fsp3) is 0.400. The molecule has 0 unspecified atom stereocenters. The Morgan fingerprint density at radius 1 is 1.00 bits per heavy atom. The van der Waals surface area contributed by atoms with Crippen LogP contribution in [-0.2, 0) is 6.42 Å². The Kier molecular flexibility index (Phi) is 5.88. The number of para-hydroxylation sites is 1. The van der Waals surface area contributed by atoms with Crippen molar-refractivity contribution in [3.8, 4) is 5.75 Å². The third-order valence-electron chi connectivity index (χ3n) is 4.03. The standard InChI is InChI=1S/C20H27NO/c1-5-17-9-7-8-16(4)20(17)21-14-18(6-2)22-19-12-10-15(3)11-13-19/h7-13,18,21H,5-6,14H2,1-4H3/t18-/m1/s1. The Morgan fingerprint density at radius 2 is 1.73 bits per heavy atom. The van der Waals surface area contributed by atoms with E-state index in [-0.39, 0.29) is 6.10 Å². The molecule has 0 fully saturated rings. The summed E-state index contributed by atoms with van der Waals surface area (Å²) in [5, 5.41) is 3.59. The molecule has 0 radical (unpaired) electrons. The molecule has 0 amide bonds. The first-order valence-corrected chi connectivity index (χ1v) is 8.19. The van der Waals surface area contributed by atoms with Crippen molar-refractivity contribution in [2.75, 3.05) is 11.9 Å². The topological polar surface area (TPSA) is 21.3 Å². The average molecular weight is 297 g/mol. The van der Waals surface area contributed by atoms with Crippen molar-refractivity contribution in [3.05, 3.63) is 59.2 Å². The van der Waals surface area contributed by atoms with Gasteiger partial charge in [0.15, 0.2) is 0 Å². The molecule has 0 aliphatic rings. The maximum atomic E-state index is 6.09. The zero-order valence-electron chi connectivity index (χ0n) is 14.1. The number of rotatable bonds is 7. The van der Waals surface area contributed by atoms with Crippen molar-refractivity contribution in [1.82, 2.24) is 0 Å². The molecule has 2 rings (SSSR count). The van der Waals surface area contributed by atoms with E-state index in [0.29, 0.717) is 0 Å². The largest absolute Gasteiger partial charge is 0.489 e. The zero-order valence-corrected chi connectivity index (χ0v) is 14.1. The molecule has 22 heavy (non-hydrogen) atoms. The number of hydrogen-bond acceptors (Lipinski definition) is 2. The lowest BCUT2D eigenvalue weighted by Crippen LogP contribution is -2.26. The van der Waals surface area contributed by atoms with Gasteiger partial charge in [0.2, 0.25) is 0 Å². The molecule has 2 aromatic carbocycles. The third-order valence-corrected chi connectivity index (χ3v) is 4.03. The smallest absolute Gasteiger partial charge is 0.119 e. The Labute approximate surface area is 134 Å². The van der Waals surface area contributed by atoms with Crippen LogP contribution in [0.25, 0.3) is 0 Å². The van der Waals surface area contributed by atoms with E-state index in [1.165, 1.54) is 22.4 Å². The summed E-state index contributed by atoms with van der Waals surface area (Å²) in [4.78, 5) is 0. The van der Waals surface area contributed by atoms with Crippen LogP contribution in [0.4, 0.5) is 5.69 Å². The number of anilines is 1. The highest BCUT2D eigenvalue weighted by atomic mass is 16.5. The summed E-state index contributed by atoms with van der Waals surface area (Å²) in [6.45, 7) is 9.43. The van der Waals surface area contributed by atoms with E-state index in [9.17, 15) is 0 Å². The Hall–Kier alpha value is -1.96. The van der Waals surface area contributed by atoms with Crippen molar-refractivity contribution < 1.29 is 4.74 Å². The minimum atomic E-state index is 0.173. The van der Waals surface area contributed by atoms with Gasteiger partial charge in [-0.3, -0.25) is 0 Å². The molecule has 2 nitrogen and oxygen atoms in total. The molecule has 0 heterocycles. The molecule has 2 aromatic rings. The fourth-order valence-corrected chi connectivity index (χ4v) is 2.57. The molecular formula is C20H27NO. The Bertz CT molecular complexity index is 589. The van der Waals surface area contributed by atoms with E-state index >= 15 is 0 Å². The van der Waals surface area contributed by atoms with Gasteiger partial charge in [-0.1, -0.05) is 49.7 Å². The maximum absolute atomic E-state index is 6.09. The lowest BCUT2D eigenvalue weighted by atomic mass is 10.1. The van der Waals surface area contributed by atoms with Crippen molar-refractivity contribution >= 4 is 5.69 Å². The number of hydrogen-bond donors (Lipinski definition) is 1. The SMILES string of the molecule is CCc1cccc(C)c1NC[C@@H](CC)Oc1ccc(C)cc1. The van der Waals surface area contributed by atoms with Crippen LogP contribution in [0, 0.1) is 13.8 Å². The summed E-state index contributed by atoms with van der Waals surface area (Å²) >= 11 is 0. The highest BCUT2D eigenvalue weighted by molar-refractivity contribution is 5.57. The van der Waals surface area contributed by atoms with E-state index in [1.54, 1.807) is 0 Å². The average Bonchev–Trinajstić information content (AvgIpc) is 2.54. The minimum absolute atomic E-state index is 0.173. The molecule has 2 heteroatoms. The van der Waals surface area contributed by atoms with Gasteiger partial charge in [-0.05, 0) is 49.9 Å². The highest BCUT2D eigenvalue weighted by Gasteiger charge is 2.10. The molecule has 0 aliphatic carbocycles. The van der Waals surface area contributed by atoms with Crippen LogP contribution in [0.3, 0.4) is 0 Å². The molecule has 0 spiro atoms. The second-order valence-corrected chi connectivity index (χ2v) is 5.80. The van der Waals surface area contributed by atoms with E-state index in [2.05, 4.69) is 63.3 Å². The fourth-order valence-electron chi connectivity index (χ4n) is 2.57. The predicted octanol–water partition coefficient (Wildman–Crippen LogP) is 5.14. The summed E-state index contributed by atoms with van der Waals surface area (Å²) in [5.41, 5.74) is 5.18. The molecule has 118 valence electrons. The first-order valence-electron chi connectivity index (χ1n) is 8.19. The second kappa shape index (κ2) is 7.88. The summed E-state index contributed by atoms with van der Waals surface area (Å²) in [5.74, 6) is 0.944. The summed E-state index contributed by atoms with van der Waals surface area (Å²) in [7, 11) is 0. The second-order valence-electron chi connectivity index (χ2n) is 5.80. The van der Waals surface area contributed by atoms with Crippen molar-refractivity contribution in [2.24, 2.45) is 0 Å². The molecule has 1 atom stereocenters. The quantitative estimate of drug-likeness (QED) is 0.764. The van der Waals surface area contributed by atoms with Crippen LogP contribution in [0.15, 0.2) is 42.5 Å². The van der Waals surface area contributed by atoms with Crippen LogP contribution in [0.5, 0.6) is 5.75 Å². The van der Waals surface area contributed by atoms with E-state index in [4.69, 9.17) is 4.74 Å². The van der Waals surface area contributed by atoms with Gasteiger partial charge in [-0.15, -0.1) is 0 Å². The summed E-state index contributed by atoms with van der Waals surface area (Å²) < 4.78 is 6.09. The maximum Gasteiger partial charge on any atom is 0.119 e. The van der Waals surface area contributed by atoms with Gasteiger partial charge in [0.05, 0.1) is 6.54 Å². The van der Waals surface area contributed by atoms with Crippen LogP contribution in [0.2, 0.25) is 0 Å². The third kappa shape index (κ3) is 4.27. The van der Waals surface area contributed by atoms with E-state index in [0.717, 1.165) is 25.1 Å². The molecule has 0 aliphatic heterocycles. The first-order chi connectivity index (χ1) is 10.6. The van der Waals surface area contributed by atoms with Gasteiger partial charge >= 0.3 is 0 Å². The van der Waals surface area contributed by atoms with E-state index in [1.807, 2.05) is 12.1 Å². The normalized spacial score (nSPS) is 12.0. The van der Waals surface area contributed by atoms with Gasteiger partial charge in [0.1, 0.15) is 11.9 Å². The minimum Gasteiger partial charge on any atom is -0.489 e. The Morgan fingerprint density at radius 3 is 2.36 bits per heavy atom. The number of ether oxygens (including phenoxy) is 1. The molecular weight excluding hydrogens is 270 g/mol. The molecule has 0 saturated carbocycles. The summed E-state index contributed by atoms with van der Waals surface area (Å²) in [6.07, 6.45) is 2.19. The van der Waals surface area contributed by atoms with Crippen LogP contribution < -0.4 is 10.1 Å². The predicted molar refractivity (Wildman–Crippen MR) is 94.9 cm³/mol. The number of benzene rings is 2. The molecule has 0 bridgehead atoms. The lowest BCUT2D eigenvalue weighted by molar-refractivity contribution is 0.210. The molecule has 1 N–H and O–H groups in total. The van der Waals surface area contributed by atoms with Crippen LogP contribution in [0.1, 0.15) is 37.0 Å². The number of aryl methyl sites for hydroxylation is 3. The van der Waals surface area contributed by atoms with Crippen molar-refractivity contribution in [1.29, 1.82) is 0 Å². The van der Waals surface area contributed by atoms with Gasteiger partial charge in [-0.2, -0.15) is 0 Å². The Balaban J connectivity index is 2.01. The van der Waals surface area contributed by atoms with Crippen LogP contribution >= 0.6 is 0 Å². The van der Waals surface area contributed by atoms with Crippen molar-refractivity contribution in [2.45, 2.75) is 46.6 Å². The van der Waals surface area contributed by atoms with Gasteiger partial charge in [-0.25, -0.2) is 0 Å². The summed E-state index contributed by atoms with van der Waals surface area (Å²) in [6, 6.07) is 14.7. The van der Waals surface area contributed by atoms with E-state index < -0.39 is 0 Å². The molecule has 0 saturated heterocycles.